The predicted octanol–water partition coefficient (Wildman–Crippen LogP) is 3.99. The van der Waals surface area contributed by atoms with E-state index in [0.717, 1.165) is 23.6 Å². The first-order chi connectivity index (χ1) is 8.25. The number of aliphatic imine (C=N–C) groups is 1. The van der Waals surface area contributed by atoms with Gasteiger partial charge in [-0.3, -0.25) is 4.99 Å². The van der Waals surface area contributed by atoms with Gasteiger partial charge in [-0.2, -0.15) is 0 Å². The molecule has 0 aliphatic rings. The van der Waals surface area contributed by atoms with Crippen LogP contribution in [0, 0.1) is 0 Å². The van der Waals surface area contributed by atoms with Crippen LogP contribution < -0.4 is 0 Å². The summed E-state index contributed by atoms with van der Waals surface area (Å²) in [7, 11) is 3.77. The molecule has 1 aromatic rings. The molecule has 0 saturated carbocycles. The van der Waals surface area contributed by atoms with Crippen molar-refractivity contribution in [2.75, 3.05) is 18.1 Å². The molecule has 1 aromatic carbocycles. The lowest BCUT2D eigenvalue weighted by atomic mass is 10.1. The van der Waals surface area contributed by atoms with E-state index in [-0.39, 0.29) is 0 Å². The van der Waals surface area contributed by atoms with Crippen LogP contribution in [0.4, 0.5) is 0 Å². The van der Waals surface area contributed by atoms with Gasteiger partial charge in [0.05, 0.1) is 0 Å². The highest BCUT2D eigenvalue weighted by atomic mass is 33.1. The molecule has 4 heteroatoms. The first-order valence-corrected chi connectivity index (χ1v) is 8.28. The average molecular weight is 269 g/mol. The highest BCUT2D eigenvalue weighted by Gasteiger charge is 2.02. The molecule has 0 aliphatic carbocycles. The molecule has 0 amide bonds. The average Bonchev–Trinajstić information content (AvgIpc) is 2.34. The summed E-state index contributed by atoms with van der Waals surface area (Å²) in [4.78, 5) is 4.48. The molecule has 2 nitrogen and oxygen atoms in total. The Morgan fingerprint density at radius 3 is 2.65 bits per heavy atom. The fourth-order valence-electron chi connectivity index (χ4n) is 1.32. The first kappa shape index (κ1) is 14.5. The Hall–Kier alpha value is -0.610. The van der Waals surface area contributed by atoms with E-state index in [2.05, 4.69) is 11.9 Å². The molecular weight excluding hydrogens is 250 g/mol. The Morgan fingerprint density at radius 2 is 1.94 bits per heavy atom. The van der Waals surface area contributed by atoms with Gasteiger partial charge in [0, 0.05) is 29.3 Å². The van der Waals surface area contributed by atoms with Gasteiger partial charge in [0.2, 0.25) is 0 Å². The smallest absolute Gasteiger partial charge is 0.124 e. The number of phenols is 1. The van der Waals surface area contributed by atoms with Crippen LogP contribution in [0.15, 0.2) is 29.3 Å². The minimum atomic E-state index is 0.307. The topological polar surface area (TPSA) is 32.6 Å². The van der Waals surface area contributed by atoms with Crippen molar-refractivity contribution in [3.8, 4) is 5.75 Å². The number of aromatic hydroxyl groups is 1. The maximum absolute atomic E-state index is 9.66. The van der Waals surface area contributed by atoms with Crippen molar-refractivity contribution in [3.05, 3.63) is 29.8 Å². The van der Waals surface area contributed by atoms with E-state index in [9.17, 15) is 5.11 Å². The van der Waals surface area contributed by atoms with Gasteiger partial charge in [0.25, 0.3) is 0 Å². The predicted molar refractivity (Wildman–Crippen MR) is 80.4 cm³/mol. The summed E-state index contributed by atoms with van der Waals surface area (Å²) >= 11 is 0. The lowest BCUT2D eigenvalue weighted by Crippen LogP contribution is -1.97. The van der Waals surface area contributed by atoms with E-state index in [1.165, 1.54) is 12.2 Å². The van der Waals surface area contributed by atoms with E-state index in [1.54, 1.807) is 6.07 Å². The van der Waals surface area contributed by atoms with E-state index < -0.39 is 0 Å². The second-order valence-corrected chi connectivity index (χ2v) is 6.33. The Balaban J connectivity index is 2.37. The van der Waals surface area contributed by atoms with Crippen molar-refractivity contribution in [2.24, 2.45) is 4.99 Å². The van der Waals surface area contributed by atoms with Crippen molar-refractivity contribution in [1.29, 1.82) is 0 Å². The largest absolute Gasteiger partial charge is 0.507 e. The second kappa shape index (κ2) is 8.48. The summed E-state index contributed by atoms with van der Waals surface area (Å²) in [5, 5.41) is 9.66. The molecule has 0 spiro atoms. The van der Waals surface area contributed by atoms with E-state index >= 15 is 0 Å². The molecule has 94 valence electrons. The zero-order chi connectivity index (χ0) is 12.5. The molecule has 0 aromatic heterocycles. The highest BCUT2D eigenvalue weighted by Crippen LogP contribution is 2.21. The van der Waals surface area contributed by atoms with Gasteiger partial charge in [0.1, 0.15) is 5.75 Å². The van der Waals surface area contributed by atoms with Gasteiger partial charge in [-0.25, -0.2) is 0 Å². The number of rotatable bonds is 7. The zero-order valence-corrected chi connectivity index (χ0v) is 12.0. The molecule has 0 fully saturated rings. The molecule has 0 saturated heterocycles. The number of phenolic OH excluding ortho intramolecular Hbond substituents is 1. The third kappa shape index (κ3) is 5.50. The van der Waals surface area contributed by atoms with Gasteiger partial charge in [-0.05, 0) is 25.5 Å². The van der Waals surface area contributed by atoms with Crippen LogP contribution in [0.2, 0.25) is 0 Å². The summed E-state index contributed by atoms with van der Waals surface area (Å²) in [6, 6.07) is 7.33. The summed E-state index contributed by atoms with van der Waals surface area (Å²) in [6.45, 7) is 4.94. The van der Waals surface area contributed by atoms with Crippen molar-refractivity contribution in [2.45, 2.75) is 20.3 Å². The van der Waals surface area contributed by atoms with Crippen LogP contribution in [0.3, 0.4) is 0 Å². The van der Waals surface area contributed by atoms with Crippen LogP contribution in [-0.4, -0.2) is 28.9 Å². The molecule has 1 rings (SSSR count). The maximum atomic E-state index is 9.66. The summed E-state index contributed by atoms with van der Waals surface area (Å²) < 4.78 is 0. The molecule has 17 heavy (non-hydrogen) atoms. The molecular formula is C13H19NOS2. The Labute approximate surface area is 111 Å². The summed E-state index contributed by atoms with van der Waals surface area (Å²) in [5.74, 6) is 2.53. The van der Waals surface area contributed by atoms with Crippen molar-refractivity contribution >= 4 is 27.3 Å². The number of hydrogen-bond acceptors (Lipinski definition) is 4. The minimum Gasteiger partial charge on any atom is -0.507 e. The zero-order valence-electron chi connectivity index (χ0n) is 10.3. The normalized spacial score (nSPS) is 11.8. The first-order valence-electron chi connectivity index (χ1n) is 5.79. The number of para-hydroxylation sites is 1. The highest BCUT2D eigenvalue weighted by molar-refractivity contribution is 8.76. The molecule has 0 atom stereocenters. The Bertz CT molecular complexity index is 366. The van der Waals surface area contributed by atoms with Gasteiger partial charge in [0.15, 0.2) is 0 Å². The molecule has 0 radical (unpaired) electrons. The molecule has 0 heterocycles. The molecule has 1 N–H and O–H groups in total. The number of benzene rings is 1. The van der Waals surface area contributed by atoms with Gasteiger partial charge in [-0.15, -0.1) is 0 Å². The number of hydrogen-bond donors (Lipinski definition) is 1. The van der Waals surface area contributed by atoms with Gasteiger partial charge < -0.3 is 5.11 Å². The summed E-state index contributed by atoms with van der Waals surface area (Å²) in [6.07, 6.45) is 1.22. The van der Waals surface area contributed by atoms with E-state index in [1.807, 2.05) is 46.7 Å². The third-order valence-electron chi connectivity index (χ3n) is 2.19. The molecule has 0 bridgehead atoms. The number of nitrogens with zero attached hydrogens (tertiary/aromatic N) is 1. The summed E-state index contributed by atoms with van der Waals surface area (Å²) in [5.41, 5.74) is 1.74. The van der Waals surface area contributed by atoms with Gasteiger partial charge in [-0.1, -0.05) is 40.6 Å². The second-order valence-electron chi connectivity index (χ2n) is 3.63. The van der Waals surface area contributed by atoms with E-state index in [4.69, 9.17) is 0 Å². The van der Waals surface area contributed by atoms with Crippen LogP contribution in [0.25, 0.3) is 0 Å². The minimum absolute atomic E-state index is 0.307. The molecule has 0 unspecified atom stereocenters. The van der Waals surface area contributed by atoms with Gasteiger partial charge >= 0.3 is 0 Å². The lowest BCUT2D eigenvalue weighted by Gasteiger charge is -2.03. The van der Waals surface area contributed by atoms with Crippen LogP contribution in [0.5, 0.6) is 5.75 Å². The SMILES string of the molecule is CCCSSCCN=C(C)c1ccccc1O. The fraction of sp³-hybridized carbons (Fsp3) is 0.462. The third-order valence-corrected chi connectivity index (χ3v) is 4.78. The van der Waals surface area contributed by atoms with E-state index in [0.29, 0.717) is 5.75 Å². The standard InChI is InChI=1S/C13H19NOS2/c1-3-9-16-17-10-8-14-11(2)12-6-4-5-7-13(12)15/h4-7,15H,3,8-10H2,1-2H3. The molecule has 0 aliphatic heterocycles. The van der Waals surface area contributed by atoms with Crippen LogP contribution in [0.1, 0.15) is 25.8 Å². The maximum Gasteiger partial charge on any atom is 0.124 e. The monoisotopic (exact) mass is 269 g/mol. The Morgan fingerprint density at radius 1 is 1.24 bits per heavy atom. The van der Waals surface area contributed by atoms with Crippen molar-refractivity contribution < 1.29 is 5.11 Å². The van der Waals surface area contributed by atoms with Crippen molar-refractivity contribution in [1.82, 2.24) is 0 Å². The van der Waals surface area contributed by atoms with Crippen LogP contribution >= 0.6 is 21.6 Å². The Kier molecular flexibility index (Phi) is 7.21. The van der Waals surface area contributed by atoms with Crippen molar-refractivity contribution in [3.63, 3.8) is 0 Å². The fourth-order valence-corrected chi connectivity index (χ4v) is 3.32. The lowest BCUT2D eigenvalue weighted by molar-refractivity contribution is 0.474. The quantitative estimate of drug-likeness (QED) is 0.461. The van der Waals surface area contributed by atoms with Crippen LogP contribution in [-0.2, 0) is 0 Å².